The fraction of sp³-hybridized carbons (Fsp3) is 0.167. The average Bonchev–Trinajstić information content (AvgIpc) is 3.10. The lowest BCUT2D eigenvalue weighted by atomic mass is 10.1. The molecule has 27 heavy (non-hydrogen) atoms. The van der Waals surface area contributed by atoms with E-state index in [0.29, 0.717) is 22.6 Å². The number of nitrogens with one attached hydrogen (secondary N) is 1. The van der Waals surface area contributed by atoms with Crippen molar-refractivity contribution in [2.75, 3.05) is 12.0 Å². The molecule has 0 fully saturated rings. The minimum absolute atomic E-state index is 0.158. The van der Waals surface area contributed by atoms with E-state index in [0.717, 1.165) is 16.8 Å². The number of benzene rings is 1. The smallest absolute Gasteiger partial charge is 0.311 e. The van der Waals surface area contributed by atoms with Crippen LogP contribution in [0.2, 0.25) is 5.15 Å². The Bertz CT molecular complexity index is 926. The molecule has 138 valence electrons. The quantitative estimate of drug-likeness (QED) is 0.368. The number of anilines is 1. The first kappa shape index (κ1) is 18.9. The molecule has 0 spiro atoms. The van der Waals surface area contributed by atoms with Gasteiger partial charge in [-0.3, -0.25) is 10.2 Å². The van der Waals surface area contributed by atoms with E-state index in [9.17, 15) is 4.79 Å². The van der Waals surface area contributed by atoms with Crippen molar-refractivity contribution in [2.45, 2.75) is 13.3 Å². The van der Waals surface area contributed by atoms with Gasteiger partial charge >= 0.3 is 5.97 Å². The Morgan fingerprint density at radius 3 is 2.78 bits per heavy atom. The molecular weight excluding hydrogens is 386 g/mol. The van der Waals surface area contributed by atoms with E-state index in [-0.39, 0.29) is 12.4 Å². The number of halogens is 1. The highest BCUT2D eigenvalue weighted by Crippen LogP contribution is 2.18. The van der Waals surface area contributed by atoms with Gasteiger partial charge in [-0.05, 0) is 24.6 Å². The molecule has 0 radical (unpaired) electrons. The van der Waals surface area contributed by atoms with Gasteiger partial charge in [-0.2, -0.15) is 5.10 Å². The van der Waals surface area contributed by atoms with E-state index >= 15 is 0 Å². The lowest BCUT2D eigenvalue weighted by Gasteiger charge is -2.00. The van der Waals surface area contributed by atoms with Crippen molar-refractivity contribution >= 4 is 40.3 Å². The zero-order chi connectivity index (χ0) is 19.1. The number of ether oxygens (including phenoxy) is 1. The summed E-state index contributed by atoms with van der Waals surface area (Å²) in [5.41, 5.74) is 6.12. The first-order valence-corrected chi connectivity index (χ1v) is 9.38. The number of aromatic nitrogens is 3. The number of rotatable bonds is 7. The lowest BCUT2D eigenvalue weighted by molar-refractivity contribution is -0.142. The summed E-state index contributed by atoms with van der Waals surface area (Å²) in [5, 5.41) is 14.8. The third-order valence-corrected chi connectivity index (χ3v) is 4.39. The number of nitrogens with zero attached hydrogens (tertiary/aromatic N) is 4. The summed E-state index contributed by atoms with van der Waals surface area (Å²) >= 11 is 7.12. The fourth-order valence-electron chi connectivity index (χ4n) is 2.17. The van der Waals surface area contributed by atoms with Gasteiger partial charge < -0.3 is 4.74 Å². The first-order chi connectivity index (χ1) is 13.1. The molecule has 0 bridgehead atoms. The van der Waals surface area contributed by atoms with Crippen molar-refractivity contribution in [3.8, 4) is 11.3 Å². The molecule has 1 aromatic carbocycles. The zero-order valence-electron chi connectivity index (χ0n) is 14.4. The Kier molecular flexibility index (Phi) is 6.45. The highest BCUT2D eigenvalue weighted by Gasteiger charge is 2.07. The Hall–Kier alpha value is -2.84. The Morgan fingerprint density at radius 1 is 1.26 bits per heavy atom. The van der Waals surface area contributed by atoms with Gasteiger partial charge in [0.25, 0.3) is 0 Å². The fourth-order valence-corrected chi connectivity index (χ4v) is 2.93. The second-order valence-corrected chi connectivity index (χ2v) is 6.60. The number of thiazole rings is 1. The summed E-state index contributed by atoms with van der Waals surface area (Å²) in [6.07, 6.45) is 1.84. The van der Waals surface area contributed by atoms with E-state index in [4.69, 9.17) is 16.3 Å². The van der Waals surface area contributed by atoms with E-state index < -0.39 is 0 Å². The summed E-state index contributed by atoms with van der Waals surface area (Å²) in [6, 6.07) is 11.2. The molecule has 0 amide bonds. The third-order valence-electron chi connectivity index (χ3n) is 3.39. The normalized spacial score (nSPS) is 10.9. The largest absolute Gasteiger partial charge is 0.466 e. The van der Waals surface area contributed by atoms with Gasteiger partial charge in [0.05, 0.1) is 30.6 Å². The van der Waals surface area contributed by atoms with Crippen LogP contribution in [0.25, 0.3) is 11.3 Å². The molecule has 2 heterocycles. The lowest BCUT2D eigenvalue weighted by Crippen LogP contribution is -2.07. The maximum atomic E-state index is 11.4. The van der Waals surface area contributed by atoms with Crippen LogP contribution >= 0.6 is 22.9 Å². The van der Waals surface area contributed by atoms with Gasteiger partial charge in [-0.1, -0.05) is 35.9 Å². The van der Waals surface area contributed by atoms with Gasteiger partial charge in [-0.15, -0.1) is 21.5 Å². The van der Waals surface area contributed by atoms with Gasteiger partial charge in [-0.25, -0.2) is 4.98 Å². The zero-order valence-corrected chi connectivity index (χ0v) is 16.0. The Labute approximate surface area is 165 Å². The van der Waals surface area contributed by atoms with Crippen LogP contribution in [-0.4, -0.2) is 34.0 Å². The van der Waals surface area contributed by atoms with Crippen LogP contribution in [-0.2, 0) is 16.0 Å². The topological polar surface area (TPSA) is 89.4 Å². The molecule has 0 aliphatic rings. The van der Waals surface area contributed by atoms with Crippen LogP contribution in [0.3, 0.4) is 0 Å². The summed E-state index contributed by atoms with van der Waals surface area (Å²) in [6.45, 7) is 2.14. The van der Waals surface area contributed by atoms with Crippen LogP contribution < -0.4 is 5.43 Å². The van der Waals surface area contributed by atoms with Crippen molar-refractivity contribution < 1.29 is 9.53 Å². The SMILES string of the molecule is CCOC(=O)Cc1csc(NN=Cc2ccc(-c3ccc(Cl)nn3)cc2)n1. The van der Waals surface area contributed by atoms with Crippen molar-refractivity contribution in [1.82, 2.24) is 15.2 Å². The van der Waals surface area contributed by atoms with Gasteiger partial charge in [0, 0.05) is 10.9 Å². The molecule has 0 aliphatic heterocycles. The maximum absolute atomic E-state index is 11.4. The predicted molar refractivity (Wildman–Crippen MR) is 106 cm³/mol. The molecule has 0 saturated carbocycles. The number of carbonyl (C=O) groups excluding carboxylic acids is 1. The monoisotopic (exact) mass is 401 g/mol. The van der Waals surface area contributed by atoms with Crippen LogP contribution in [0.5, 0.6) is 0 Å². The summed E-state index contributed by atoms with van der Waals surface area (Å²) in [5.74, 6) is -0.289. The average molecular weight is 402 g/mol. The second kappa shape index (κ2) is 9.20. The van der Waals surface area contributed by atoms with Gasteiger partial charge in [0.1, 0.15) is 0 Å². The minimum atomic E-state index is -0.289. The van der Waals surface area contributed by atoms with Crippen LogP contribution in [0.4, 0.5) is 5.13 Å². The highest BCUT2D eigenvalue weighted by atomic mass is 35.5. The molecular formula is C18H16ClN5O2S. The van der Waals surface area contributed by atoms with E-state index in [2.05, 4.69) is 25.7 Å². The van der Waals surface area contributed by atoms with Gasteiger partial charge in [0.15, 0.2) is 5.15 Å². The van der Waals surface area contributed by atoms with Crippen molar-refractivity contribution in [3.05, 3.63) is 58.2 Å². The minimum Gasteiger partial charge on any atom is -0.466 e. The van der Waals surface area contributed by atoms with Crippen molar-refractivity contribution in [2.24, 2.45) is 5.10 Å². The van der Waals surface area contributed by atoms with Crippen molar-refractivity contribution in [1.29, 1.82) is 0 Å². The Morgan fingerprint density at radius 2 is 2.07 bits per heavy atom. The number of hydrogen-bond acceptors (Lipinski definition) is 8. The second-order valence-electron chi connectivity index (χ2n) is 5.36. The molecule has 0 saturated heterocycles. The van der Waals surface area contributed by atoms with Gasteiger partial charge in [0.2, 0.25) is 5.13 Å². The number of hydrogen-bond donors (Lipinski definition) is 1. The molecule has 1 N–H and O–H groups in total. The van der Waals surface area contributed by atoms with Crippen molar-refractivity contribution in [3.63, 3.8) is 0 Å². The molecule has 0 atom stereocenters. The molecule has 9 heteroatoms. The molecule has 2 aromatic heterocycles. The number of carbonyl (C=O) groups is 1. The molecule has 7 nitrogen and oxygen atoms in total. The maximum Gasteiger partial charge on any atom is 0.311 e. The molecule has 3 aromatic rings. The first-order valence-electron chi connectivity index (χ1n) is 8.13. The van der Waals surface area contributed by atoms with Crippen LogP contribution in [0, 0.1) is 0 Å². The van der Waals surface area contributed by atoms with Crippen LogP contribution in [0.1, 0.15) is 18.2 Å². The summed E-state index contributed by atoms with van der Waals surface area (Å²) in [4.78, 5) is 15.7. The Balaban J connectivity index is 1.56. The standard InChI is InChI=1S/C18H16ClN5O2S/c1-2-26-17(25)9-14-11-27-18(21-14)24-20-10-12-3-5-13(6-4-12)15-7-8-16(19)23-22-15/h3-8,10-11H,2,9H2,1H3,(H,21,24). The highest BCUT2D eigenvalue weighted by molar-refractivity contribution is 7.13. The molecule has 3 rings (SSSR count). The van der Waals surface area contributed by atoms with E-state index in [1.54, 1.807) is 24.6 Å². The predicted octanol–water partition coefficient (Wildman–Crippen LogP) is 3.81. The van der Waals surface area contributed by atoms with E-state index in [1.165, 1.54) is 11.3 Å². The van der Waals surface area contributed by atoms with Crippen LogP contribution in [0.15, 0.2) is 46.9 Å². The summed E-state index contributed by atoms with van der Waals surface area (Å²) < 4.78 is 4.90. The van der Waals surface area contributed by atoms with E-state index in [1.807, 2.05) is 30.3 Å². The molecule has 0 aliphatic carbocycles. The molecule has 0 unspecified atom stereocenters. The summed E-state index contributed by atoms with van der Waals surface area (Å²) in [7, 11) is 0. The third kappa shape index (κ3) is 5.57. The number of hydrazone groups is 1. The number of esters is 1.